The predicted octanol–water partition coefficient (Wildman–Crippen LogP) is 3.03. The normalized spacial score (nSPS) is 17.8. The molecule has 1 unspecified atom stereocenters. The van der Waals surface area contributed by atoms with E-state index in [9.17, 15) is 0 Å². The standard InChI is InChI=1S/C20H30ClN5/c1-15(2)25-10-12-26(13-11-25)17(14-22-3)18-19(21)24(4)20(23-18)16-8-6-5-7-9-16/h5-9,15,17,22H,10-14H2,1-4H3. The molecule has 142 valence electrons. The molecule has 2 heterocycles. The van der Waals surface area contributed by atoms with Gasteiger partial charge in [-0.25, -0.2) is 4.98 Å². The van der Waals surface area contributed by atoms with Gasteiger partial charge in [-0.1, -0.05) is 41.9 Å². The van der Waals surface area contributed by atoms with Gasteiger partial charge < -0.3 is 9.88 Å². The van der Waals surface area contributed by atoms with Crippen molar-refractivity contribution in [2.24, 2.45) is 7.05 Å². The van der Waals surface area contributed by atoms with Crippen molar-refractivity contribution in [3.05, 3.63) is 41.2 Å². The molecule has 1 aliphatic heterocycles. The maximum Gasteiger partial charge on any atom is 0.141 e. The molecule has 0 bridgehead atoms. The molecule has 3 rings (SSSR count). The predicted molar refractivity (Wildman–Crippen MR) is 109 cm³/mol. The zero-order valence-electron chi connectivity index (χ0n) is 16.2. The molecule has 5 nitrogen and oxygen atoms in total. The SMILES string of the molecule is CNCC(c1nc(-c2ccccc2)n(C)c1Cl)N1CCN(C(C)C)CC1. The van der Waals surface area contributed by atoms with Crippen LogP contribution in [0.3, 0.4) is 0 Å². The maximum atomic E-state index is 6.73. The summed E-state index contributed by atoms with van der Waals surface area (Å²) in [4.78, 5) is 10.0. The lowest BCUT2D eigenvalue weighted by Crippen LogP contribution is -2.51. The molecule has 1 aromatic heterocycles. The summed E-state index contributed by atoms with van der Waals surface area (Å²) in [6.07, 6.45) is 0. The van der Waals surface area contributed by atoms with Gasteiger partial charge in [0, 0.05) is 51.4 Å². The minimum absolute atomic E-state index is 0.186. The summed E-state index contributed by atoms with van der Waals surface area (Å²) >= 11 is 6.73. The van der Waals surface area contributed by atoms with Crippen LogP contribution in [-0.2, 0) is 7.05 Å². The lowest BCUT2D eigenvalue weighted by Gasteiger charge is -2.40. The highest BCUT2D eigenvalue weighted by molar-refractivity contribution is 6.30. The van der Waals surface area contributed by atoms with E-state index in [1.54, 1.807) is 0 Å². The van der Waals surface area contributed by atoms with Crippen molar-refractivity contribution in [2.45, 2.75) is 25.9 Å². The van der Waals surface area contributed by atoms with Gasteiger partial charge in [0.05, 0.1) is 11.7 Å². The molecule has 0 saturated carbocycles. The van der Waals surface area contributed by atoms with E-state index in [0.717, 1.165) is 55.0 Å². The van der Waals surface area contributed by atoms with Crippen LogP contribution in [0, 0.1) is 0 Å². The maximum absolute atomic E-state index is 6.73. The molecule has 1 aliphatic rings. The van der Waals surface area contributed by atoms with Gasteiger partial charge in [-0.15, -0.1) is 0 Å². The third kappa shape index (κ3) is 3.96. The first-order valence-corrected chi connectivity index (χ1v) is 9.81. The van der Waals surface area contributed by atoms with Gasteiger partial charge in [-0.2, -0.15) is 0 Å². The highest BCUT2D eigenvalue weighted by Gasteiger charge is 2.30. The van der Waals surface area contributed by atoms with Crippen LogP contribution in [-0.4, -0.2) is 65.2 Å². The summed E-state index contributed by atoms with van der Waals surface area (Å²) in [7, 11) is 3.99. The van der Waals surface area contributed by atoms with Crippen LogP contribution < -0.4 is 5.32 Å². The third-order valence-electron chi connectivity index (χ3n) is 5.31. The Bertz CT molecular complexity index is 704. The van der Waals surface area contributed by atoms with Gasteiger partial charge in [0.2, 0.25) is 0 Å². The Morgan fingerprint density at radius 1 is 1.08 bits per heavy atom. The molecule has 6 heteroatoms. The molecule has 1 aromatic carbocycles. The Labute approximate surface area is 162 Å². The van der Waals surface area contributed by atoms with Gasteiger partial charge in [0.25, 0.3) is 0 Å². The monoisotopic (exact) mass is 375 g/mol. The van der Waals surface area contributed by atoms with Gasteiger partial charge in [-0.3, -0.25) is 9.80 Å². The minimum Gasteiger partial charge on any atom is -0.318 e. The molecule has 0 spiro atoms. The highest BCUT2D eigenvalue weighted by atomic mass is 35.5. The first kappa shape index (κ1) is 19.4. The average molecular weight is 376 g/mol. The minimum atomic E-state index is 0.186. The molecular formula is C20H30ClN5. The van der Waals surface area contributed by atoms with Crippen LogP contribution in [0.1, 0.15) is 25.6 Å². The fourth-order valence-corrected chi connectivity index (χ4v) is 3.96. The van der Waals surface area contributed by atoms with Crippen molar-refractivity contribution >= 4 is 11.6 Å². The fraction of sp³-hybridized carbons (Fsp3) is 0.550. The van der Waals surface area contributed by atoms with E-state index < -0.39 is 0 Å². The first-order chi connectivity index (χ1) is 12.5. The number of rotatable bonds is 6. The molecule has 1 atom stereocenters. The number of benzene rings is 1. The van der Waals surface area contributed by atoms with Crippen LogP contribution in [0.5, 0.6) is 0 Å². The Balaban J connectivity index is 1.87. The van der Waals surface area contributed by atoms with E-state index in [1.807, 2.05) is 36.9 Å². The van der Waals surface area contributed by atoms with Crippen molar-refractivity contribution in [1.82, 2.24) is 24.7 Å². The lowest BCUT2D eigenvalue weighted by molar-refractivity contribution is 0.0768. The topological polar surface area (TPSA) is 36.3 Å². The first-order valence-electron chi connectivity index (χ1n) is 9.43. The summed E-state index contributed by atoms with van der Waals surface area (Å²) in [6.45, 7) is 9.63. The average Bonchev–Trinajstić information content (AvgIpc) is 2.96. The van der Waals surface area contributed by atoms with Gasteiger partial charge in [0.15, 0.2) is 0 Å². The molecule has 1 fully saturated rings. The summed E-state index contributed by atoms with van der Waals surface area (Å²) in [5.41, 5.74) is 2.07. The molecule has 26 heavy (non-hydrogen) atoms. The zero-order valence-corrected chi connectivity index (χ0v) is 17.0. The number of halogens is 1. The quantitative estimate of drug-likeness (QED) is 0.841. The fourth-order valence-electron chi connectivity index (χ4n) is 3.71. The number of nitrogens with one attached hydrogen (secondary N) is 1. The van der Waals surface area contributed by atoms with Gasteiger partial charge in [-0.05, 0) is 20.9 Å². The number of hydrogen-bond acceptors (Lipinski definition) is 4. The number of imidazole rings is 1. The van der Waals surface area contributed by atoms with E-state index in [-0.39, 0.29) is 6.04 Å². The summed E-state index contributed by atoms with van der Waals surface area (Å²) in [5, 5.41) is 4.06. The highest BCUT2D eigenvalue weighted by Crippen LogP contribution is 2.31. The molecule has 0 aliphatic carbocycles. The lowest BCUT2D eigenvalue weighted by atomic mass is 10.1. The van der Waals surface area contributed by atoms with E-state index in [0.29, 0.717) is 6.04 Å². The van der Waals surface area contributed by atoms with Gasteiger partial charge in [0.1, 0.15) is 11.0 Å². The van der Waals surface area contributed by atoms with E-state index in [4.69, 9.17) is 16.6 Å². The van der Waals surface area contributed by atoms with E-state index in [2.05, 4.69) is 41.1 Å². The summed E-state index contributed by atoms with van der Waals surface area (Å²) in [5.74, 6) is 0.924. The van der Waals surface area contributed by atoms with E-state index >= 15 is 0 Å². The van der Waals surface area contributed by atoms with Crippen molar-refractivity contribution in [1.29, 1.82) is 0 Å². The molecule has 0 radical (unpaired) electrons. The smallest absolute Gasteiger partial charge is 0.141 e. The second-order valence-electron chi connectivity index (χ2n) is 7.28. The van der Waals surface area contributed by atoms with Gasteiger partial charge >= 0.3 is 0 Å². The van der Waals surface area contributed by atoms with Crippen LogP contribution >= 0.6 is 11.6 Å². The number of piperazine rings is 1. The molecule has 2 aromatic rings. The Kier molecular flexibility index (Phi) is 6.35. The number of aromatic nitrogens is 2. The van der Waals surface area contributed by atoms with Crippen LogP contribution in [0.4, 0.5) is 0 Å². The van der Waals surface area contributed by atoms with Crippen LogP contribution in [0.2, 0.25) is 5.15 Å². The second-order valence-corrected chi connectivity index (χ2v) is 7.63. The third-order valence-corrected chi connectivity index (χ3v) is 5.76. The summed E-state index contributed by atoms with van der Waals surface area (Å²) in [6, 6.07) is 11.0. The Morgan fingerprint density at radius 3 is 2.27 bits per heavy atom. The number of hydrogen-bond donors (Lipinski definition) is 1. The van der Waals surface area contributed by atoms with Crippen LogP contribution in [0.15, 0.2) is 30.3 Å². The molecule has 0 amide bonds. The Hall–Kier alpha value is -1.40. The van der Waals surface area contributed by atoms with Crippen molar-refractivity contribution in [3.8, 4) is 11.4 Å². The molecular weight excluding hydrogens is 346 g/mol. The molecule has 1 N–H and O–H groups in total. The summed E-state index contributed by atoms with van der Waals surface area (Å²) < 4.78 is 2.00. The van der Waals surface area contributed by atoms with E-state index in [1.165, 1.54) is 0 Å². The van der Waals surface area contributed by atoms with Crippen LogP contribution in [0.25, 0.3) is 11.4 Å². The number of likely N-dealkylation sites (N-methyl/N-ethyl adjacent to an activating group) is 1. The van der Waals surface area contributed by atoms with Crippen molar-refractivity contribution < 1.29 is 0 Å². The van der Waals surface area contributed by atoms with Crippen molar-refractivity contribution in [2.75, 3.05) is 39.8 Å². The molecule has 1 saturated heterocycles. The Morgan fingerprint density at radius 2 is 1.69 bits per heavy atom. The zero-order chi connectivity index (χ0) is 18.7. The largest absolute Gasteiger partial charge is 0.318 e. The number of nitrogens with zero attached hydrogens (tertiary/aromatic N) is 4. The van der Waals surface area contributed by atoms with Crippen molar-refractivity contribution in [3.63, 3.8) is 0 Å². The second kappa shape index (κ2) is 8.53.